The second kappa shape index (κ2) is 7.01. The molecule has 0 aliphatic carbocycles. The number of nitrogens with zero attached hydrogens (tertiary/aromatic N) is 3. The third-order valence-electron chi connectivity index (χ3n) is 3.63. The Bertz CT molecular complexity index is 439. The van der Waals surface area contributed by atoms with Gasteiger partial charge in [0.15, 0.2) is 5.13 Å². The minimum Gasteiger partial charge on any atom is -0.395 e. The van der Waals surface area contributed by atoms with E-state index in [4.69, 9.17) is 0 Å². The maximum Gasteiger partial charge on any atom is 0.323 e. The first-order valence-electron chi connectivity index (χ1n) is 6.97. The van der Waals surface area contributed by atoms with Crippen molar-refractivity contribution in [3.63, 3.8) is 0 Å². The summed E-state index contributed by atoms with van der Waals surface area (Å²) < 4.78 is 0. The number of aryl methyl sites for hydroxylation is 1. The largest absolute Gasteiger partial charge is 0.395 e. The monoisotopic (exact) mass is 298 g/mol. The Morgan fingerprint density at radius 2 is 2.20 bits per heavy atom. The highest BCUT2D eigenvalue weighted by atomic mass is 32.1. The number of nitrogens with one attached hydrogen (secondary N) is 1. The van der Waals surface area contributed by atoms with Gasteiger partial charge < -0.3 is 10.0 Å². The van der Waals surface area contributed by atoms with Crippen LogP contribution in [0.3, 0.4) is 0 Å². The molecule has 1 aromatic heterocycles. The predicted molar refractivity (Wildman–Crippen MR) is 80.2 cm³/mol. The van der Waals surface area contributed by atoms with Crippen molar-refractivity contribution >= 4 is 22.5 Å². The first-order valence-corrected chi connectivity index (χ1v) is 7.85. The first kappa shape index (κ1) is 15.2. The molecule has 7 heteroatoms. The van der Waals surface area contributed by atoms with Gasteiger partial charge in [0.2, 0.25) is 0 Å². The quantitative estimate of drug-likeness (QED) is 0.881. The molecule has 0 aromatic carbocycles. The highest BCUT2D eigenvalue weighted by Gasteiger charge is 2.25. The molecule has 2 amide bonds. The lowest BCUT2D eigenvalue weighted by atomic mass is 10.2. The van der Waals surface area contributed by atoms with E-state index in [1.807, 2.05) is 12.3 Å². The van der Waals surface area contributed by atoms with Gasteiger partial charge in [-0.1, -0.05) is 6.92 Å². The summed E-state index contributed by atoms with van der Waals surface area (Å²) in [6.07, 6.45) is 0.932. The van der Waals surface area contributed by atoms with Gasteiger partial charge in [0, 0.05) is 37.6 Å². The molecule has 2 heterocycles. The van der Waals surface area contributed by atoms with Crippen LogP contribution in [-0.2, 0) is 0 Å². The van der Waals surface area contributed by atoms with Gasteiger partial charge in [-0.05, 0) is 13.3 Å². The number of carbonyl (C=O) groups excluding carboxylic acids is 1. The van der Waals surface area contributed by atoms with E-state index in [2.05, 4.69) is 22.1 Å². The van der Waals surface area contributed by atoms with Crippen LogP contribution in [0.2, 0.25) is 0 Å². The number of rotatable bonds is 4. The van der Waals surface area contributed by atoms with Crippen molar-refractivity contribution in [1.82, 2.24) is 14.8 Å². The van der Waals surface area contributed by atoms with E-state index < -0.39 is 0 Å². The fourth-order valence-corrected chi connectivity index (χ4v) is 3.05. The van der Waals surface area contributed by atoms with E-state index in [-0.39, 0.29) is 18.7 Å². The van der Waals surface area contributed by atoms with Crippen molar-refractivity contribution in [3.8, 4) is 0 Å². The molecule has 0 spiro atoms. The highest BCUT2D eigenvalue weighted by Crippen LogP contribution is 2.16. The van der Waals surface area contributed by atoms with Crippen LogP contribution < -0.4 is 5.32 Å². The van der Waals surface area contributed by atoms with Crippen LogP contribution in [0.5, 0.6) is 0 Å². The lowest BCUT2D eigenvalue weighted by molar-refractivity contribution is 0.0766. The Labute approximate surface area is 123 Å². The van der Waals surface area contributed by atoms with Crippen molar-refractivity contribution < 1.29 is 9.90 Å². The number of urea groups is 1. The van der Waals surface area contributed by atoms with Crippen LogP contribution in [0.1, 0.15) is 19.0 Å². The molecule has 0 saturated carbocycles. The Hall–Kier alpha value is -1.18. The van der Waals surface area contributed by atoms with E-state index in [0.717, 1.165) is 25.2 Å². The SMILES string of the molecule is CCC(CO)N1CCN(C(=O)Nc2nc(C)cs2)CC1. The second-order valence-electron chi connectivity index (χ2n) is 4.99. The zero-order valence-corrected chi connectivity index (χ0v) is 12.8. The van der Waals surface area contributed by atoms with E-state index in [1.54, 1.807) is 4.90 Å². The van der Waals surface area contributed by atoms with Crippen LogP contribution in [0.25, 0.3) is 0 Å². The Kier molecular flexibility index (Phi) is 5.33. The number of aliphatic hydroxyl groups is 1. The van der Waals surface area contributed by atoms with Gasteiger partial charge in [0.05, 0.1) is 12.3 Å². The lowest BCUT2D eigenvalue weighted by Gasteiger charge is -2.38. The number of aromatic nitrogens is 1. The first-order chi connectivity index (χ1) is 9.63. The topological polar surface area (TPSA) is 68.7 Å². The van der Waals surface area contributed by atoms with Gasteiger partial charge >= 0.3 is 6.03 Å². The molecule has 1 saturated heterocycles. The number of carbonyl (C=O) groups is 1. The fourth-order valence-electron chi connectivity index (χ4n) is 2.37. The molecule has 6 nitrogen and oxygen atoms in total. The number of thiazole rings is 1. The molecule has 1 aliphatic heterocycles. The Balaban J connectivity index is 1.82. The molecule has 0 radical (unpaired) electrons. The standard InChI is InChI=1S/C13H22N4O2S/c1-3-11(8-18)16-4-6-17(7-5-16)13(19)15-12-14-10(2)9-20-12/h9,11,18H,3-8H2,1-2H3,(H,14,15,19). The number of aliphatic hydroxyl groups excluding tert-OH is 1. The molecule has 112 valence electrons. The van der Waals surface area contributed by atoms with E-state index >= 15 is 0 Å². The Morgan fingerprint density at radius 3 is 2.70 bits per heavy atom. The van der Waals surface area contributed by atoms with E-state index in [1.165, 1.54) is 11.3 Å². The van der Waals surface area contributed by atoms with Gasteiger partial charge in [-0.2, -0.15) is 0 Å². The summed E-state index contributed by atoms with van der Waals surface area (Å²) in [5.41, 5.74) is 0.920. The highest BCUT2D eigenvalue weighted by molar-refractivity contribution is 7.13. The number of amides is 2. The summed E-state index contributed by atoms with van der Waals surface area (Å²) in [7, 11) is 0. The van der Waals surface area contributed by atoms with Crippen LogP contribution >= 0.6 is 11.3 Å². The van der Waals surface area contributed by atoms with E-state index in [9.17, 15) is 9.90 Å². The zero-order valence-electron chi connectivity index (χ0n) is 12.0. The molecule has 1 unspecified atom stereocenters. The van der Waals surface area contributed by atoms with Crippen molar-refractivity contribution in [2.75, 3.05) is 38.1 Å². The molecule has 0 bridgehead atoms. The Morgan fingerprint density at radius 1 is 1.50 bits per heavy atom. The summed E-state index contributed by atoms with van der Waals surface area (Å²) in [5.74, 6) is 0. The minimum atomic E-state index is -0.0870. The van der Waals surface area contributed by atoms with Crippen LogP contribution in [0.15, 0.2) is 5.38 Å². The van der Waals surface area contributed by atoms with Gasteiger partial charge in [-0.3, -0.25) is 10.2 Å². The molecule has 20 heavy (non-hydrogen) atoms. The summed E-state index contributed by atoms with van der Waals surface area (Å²) in [6.45, 7) is 7.16. The van der Waals surface area contributed by atoms with Crippen molar-refractivity contribution in [1.29, 1.82) is 0 Å². The normalized spacial score (nSPS) is 18.1. The van der Waals surface area contributed by atoms with Gasteiger partial charge in [-0.25, -0.2) is 9.78 Å². The predicted octanol–water partition coefficient (Wildman–Crippen LogP) is 1.37. The molecule has 2 N–H and O–H groups in total. The molecule has 1 atom stereocenters. The third-order valence-corrected chi connectivity index (χ3v) is 4.51. The van der Waals surface area contributed by atoms with Crippen molar-refractivity contribution in [2.45, 2.75) is 26.3 Å². The maximum atomic E-state index is 12.1. The lowest BCUT2D eigenvalue weighted by Crippen LogP contribution is -2.53. The molecular formula is C13H22N4O2S. The number of hydrogen-bond acceptors (Lipinski definition) is 5. The summed E-state index contributed by atoms with van der Waals surface area (Å²) in [6, 6.07) is 0.123. The van der Waals surface area contributed by atoms with Crippen LogP contribution in [0.4, 0.5) is 9.93 Å². The number of anilines is 1. The average Bonchev–Trinajstić information content (AvgIpc) is 2.86. The maximum absolute atomic E-state index is 12.1. The molecule has 2 rings (SSSR count). The smallest absolute Gasteiger partial charge is 0.323 e. The van der Waals surface area contributed by atoms with Crippen LogP contribution in [0, 0.1) is 6.92 Å². The van der Waals surface area contributed by atoms with Crippen molar-refractivity contribution in [2.24, 2.45) is 0 Å². The number of piperazine rings is 1. The van der Waals surface area contributed by atoms with E-state index in [0.29, 0.717) is 18.2 Å². The van der Waals surface area contributed by atoms with Gasteiger partial charge in [0.25, 0.3) is 0 Å². The minimum absolute atomic E-state index is 0.0870. The molecule has 1 fully saturated rings. The summed E-state index contributed by atoms with van der Waals surface area (Å²) >= 11 is 1.44. The van der Waals surface area contributed by atoms with Crippen LogP contribution in [-0.4, -0.2) is 64.7 Å². The molecule has 1 aromatic rings. The summed E-state index contributed by atoms with van der Waals surface area (Å²) in [5, 5.41) is 14.7. The third kappa shape index (κ3) is 3.68. The average molecular weight is 298 g/mol. The zero-order chi connectivity index (χ0) is 14.5. The van der Waals surface area contributed by atoms with Gasteiger partial charge in [-0.15, -0.1) is 11.3 Å². The van der Waals surface area contributed by atoms with Crippen molar-refractivity contribution in [3.05, 3.63) is 11.1 Å². The molecule has 1 aliphatic rings. The second-order valence-corrected chi connectivity index (χ2v) is 5.85. The van der Waals surface area contributed by atoms with Gasteiger partial charge in [0.1, 0.15) is 0 Å². The molecular weight excluding hydrogens is 276 g/mol. The number of hydrogen-bond donors (Lipinski definition) is 2. The summed E-state index contributed by atoms with van der Waals surface area (Å²) in [4.78, 5) is 20.4. The fraction of sp³-hybridized carbons (Fsp3) is 0.692.